The van der Waals surface area contributed by atoms with Crippen LogP contribution in [0.3, 0.4) is 0 Å². The van der Waals surface area contributed by atoms with E-state index in [9.17, 15) is 0 Å². The molecule has 2 rings (SSSR count). The fourth-order valence-corrected chi connectivity index (χ4v) is 2.56. The number of hydrogen-bond donors (Lipinski definition) is 2. The molecule has 0 aromatic heterocycles. The largest absolute Gasteiger partial charge is 0.493 e. The highest BCUT2D eigenvalue weighted by atomic mass is 35.5. The first-order valence-electron chi connectivity index (χ1n) is 6.66. The van der Waals surface area contributed by atoms with Crippen LogP contribution in [0.4, 0.5) is 0 Å². The maximum absolute atomic E-state index is 7.36. The maximum atomic E-state index is 7.36. The van der Waals surface area contributed by atoms with Gasteiger partial charge in [-0.15, -0.1) is 0 Å². The van der Waals surface area contributed by atoms with E-state index in [0.717, 1.165) is 18.7 Å². The third-order valence-corrected chi connectivity index (χ3v) is 3.63. The summed E-state index contributed by atoms with van der Waals surface area (Å²) >= 11 is 6.03. The lowest BCUT2D eigenvalue weighted by atomic mass is 10.2. The molecular weight excluding hydrogens is 262 g/mol. The highest BCUT2D eigenvalue weighted by Crippen LogP contribution is 2.22. The molecule has 3 N–H and O–H groups in total. The number of amidine groups is 1. The Morgan fingerprint density at radius 1 is 1.37 bits per heavy atom. The summed E-state index contributed by atoms with van der Waals surface area (Å²) in [6.45, 7) is 4.23. The zero-order valence-electron chi connectivity index (χ0n) is 11.0. The van der Waals surface area contributed by atoms with E-state index in [1.54, 1.807) is 18.2 Å². The fraction of sp³-hybridized carbons (Fsp3) is 0.500. The summed E-state index contributed by atoms with van der Waals surface area (Å²) in [6.07, 6.45) is 3.66. The molecule has 1 heterocycles. The molecule has 19 heavy (non-hydrogen) atoms. The molecule has 1 aliphatic heterocycles. The molecule has 0 amide bonds. The van der Waals surface area contributed by atoms with Gasteiger partial charge in [-0.3, -0.25) is 5.41 Å². The minimum Gasteiger partial charge on any atom is -0.493 e. The lowest BCUT2D eigenvalue weighted by Gasteiger charge is -2.14. The number of nitrogens with two attached hydrogens (primary N) is 1. The number of hydrogen-bond acceptors (Lipinski definition) is 3. The van der Waals surface area contributed by atoms with Crippen molar-refractivity contribution >= 4 is 17.4 Å². The molecule has 1 saturated heterocycles. The molecule has 0 unspecified atom stereocenters. The van der Waals surface area contributed by atoms with E-state index in [1.165, 1.54) is 25.9 Å². The van der Waals surface area contributed by atoms with Gasteiger partial charge in [0.25, 0.3) is 0 Å². The SMILES string of the molecule is N=C(N)c1ccc(OCCCN2CCCC2)cc1Cl. The van der Waals surface area contributed by atoms with Gasteiger partial charge in [-0.05, 0) is 50.6 Å². The molecule has 0 aliphatic carbocycles. The second kappa shape index (κ2) is 6.78. The van der Waals surface area contributed by atoms with Crippen molar-refractivity contribution in [1.29, 1.82) is 5.41 Å². The minimum absolute atomic E-state index is 0.0226. The van der Waals surface area contributed by atoms with Crippen LogP contribution >= 0.6 is 11.6 Å². The molecule has 1 aromatic rings. The predicted octanol–water partition coefficient (Wildman–Crippen LogP) is 2.49. The Morgan fingerprint density at radius 2 is 2.11 bits per heavy atom. The van der Waals surface area contributed by atoms with Crippen molar-refractivity contribution in [2.45, 2.75) is 19.3 Å². The topological polar surface area (TPSA) is 62.3 Å². The summed E-state index contributed by atoms with van der Waals surface area (Å²) in [5, 5.41) is 7.82. The van der Waals surface area contributed by atoms with Crippen LogP contribution in [0.2, 0.25) is 5.02 Å². The highest BCUT2D eigenvalue weighted by molar-refractivity contribution is 6.34. The van der Waals surface area contributed by atoms with E-state index in [-0.39, 0.29) is 5.84 Å². The minimum atomic E-state index is -0.0226. The molecule has 1 aliphatic rings. The molecule has 5 heteroatoms. The molecule has 4 nitrogen and oxygen atoms in total. The van der Waals surface area contributed by atoms with Crippen LogP contribution in [0.1, 0.15) is 24.8 Å². The maximum Gasteiger partial charge on any atom is 0.124 e. The first-order valence-corrected chi connectivity index (χ1v) is 7.04. The van der Waals surface area contributed by atoms with Crippen molar-refractivity contribution in [3.8, 4) is 5.75 Å². The molecular formula is C14H20ClN3O. The quantitative estimate of drug-likeness (QED) is 0.478. The third kappa shape index (κ3) is 4.11. The van der Waals surface area contributed by atoms with Gasteiger partial charge in [-0.25, -0.2) is 0 Å². The molecule has 0 radical (unpaired) electrons. The van der Waals surface area contributed by atoms with Crippen LogP contribution in [-0.4, -0.2) is 37.0 Å². The summed E-state index contributed by atoms with van der Waals surface area (Å²) in [7, 11) is 0. The van der Waals surface area contributed by atoms with Gasteiger partial charge in [0.15, 0.2) is 0 Å². The standard InChI is InChI=1S/C14H20ClN3O/c15-13-10-11(4-5-12(13)14(16)17)19-9-3-8-18-6-1-2-7-18/h4-5,10H,1-3,6-9H2,(H3,16,17). The number of benzene rings is 1. The van der Waals surface area contributed by atoms with Crippen molar-refractivity contribution < 1.29 is 4.74 Å². The van der Waals surface area contributed by atoms with Crippen molar-refractivity contribution in [2.24, 2.45) is 5.73 Å². The van der Waals surface area contributed by atoms with Crippen molar-refractivity contribution in [1.82, 2.24) is 4.90 Å². The first kappa shape index (κ1) is 14.2. The number of nitrogens with zero attached hydrogens (tertiary/aromatic N) is 1. The molecule has 0 bridgehead atoms. The van der Waals surface area contributed by atoms with Gasteiger partial charge in [0.2, 0.25) is 0 Å². The Bertz CT molecular complexity index is 444. The van der Waals surface area contributed by atoms with E-state index in [0.29, 0.717) is 17.2 Å². The number of likely N-dealkylation sites (tertiary alicyclic amines) is 1. The van der Waals surface area contributed by atoms with Gasteiger partial charge in [-0.2, -0.15) is 0 Å². The average molecular weight is 282 g/mol. The van der Waals surface area contributed by atoms with Crippen LogP contribution < -0.4 is 10.5 Å². The van der Waals surface area contributed by atoms with Crippen LogP contribution in [0.5, 0.6) is 5.75 Å². The lowest BCUT2D eigenvalue weighted by Crippen LogP contribution is -2.21. The fourth-order valence-electron chi connectivity index (χ4n) is 2.29. The van der Waals surface area contributed by atoms with E-state index < -0.39 is 0 Å². The summed E-state index contributed by atoms with van der Waals surface area (Å²) in [5.41, 5.74) is 5.96. The normalized spacial score (nSPS) is 15.6. The monoisotopic (exact) mass is 281 g/mol. The summed E-state index contributed by atoms with van der Waals surface area (Å²) < 4.78 is 5.66. The van der Waals surface area contributed by atoms with Gasteiger partial charge < -0.3 is 15.4 Å². The Labute approximate surface area is 119 Å². The van der Waals surface area contributed by atoms with E-state index >= 15 is 0 Å². The van der Waals surface area contributed by atoms with Crippen LogP contribution in [-0.2, 0) is 0 Å². The number of nitrogen functional groups attached to an aromatic ring is 1. The second-order valence-corrected chi connectivity index (χ2v) is 5.21. The van der Waals surface area contributed by atoms with Crippen molar-refractivity contribution in [3.63, 3.8) is 0 Å². The zero-order valence-corrected chi connectivity index (χ0v) is 11.7. The van der Waals surface area contributed by atoms with Crippen molar-refractivity contribution in [2.75, 3.05) is 26.2 Å². The smallest absolute Gasteiger partial charge is 0.124 e. The number of halogens is 1. The molecule has 0 saturated carbocycles. The summed E-state index contributed by atoms with van der Waals surface area (Å²) in [5.74, 6) is 0.710. The van der Waals surface area contributed by atoms with Gasteiger partial charge in [0.05, 0.1) is 11.6 Å². The third-order valence-electron chi connectivity index (χ3n) is 3.32. The molecule has 104 valence electrons. The summed E-state index contributed by atoms with van der Waals surface area (Å²) in [6, 6.07) is 5.24. The number of rotatable bonds is 6. The molecule has 0 atom stereocenters. The molecule has 1 aromatic carbocycles. The van der Waals surface area contributed by atoms with Gasteiger partial charge in [0.1, 0.15) is 11.6 Å². The van der Waals surface area contributed by atoms with E-state index in [4.69, 9.17) is 27.5 Å². The van der Waals surface area contributed by atoms with Crippen LogP contribution in [0.25, 0.3) is 0 Å². The van der Waals surface area contributed by atoms with Crippen LogP contribution in [0.15, 0.2) is 18.2 Å². The molecule has 0 spiro atoms. The van der Waals surface area contributed by atoms with Gasteiger partial charge in [-0.1, -0.05) is 11.6 Å². The Kier molecular flexibility index (Phi) is 5.05. The Balaban J connectivity index is 1.76. The number of nitrogens with one attached hydrogen (secondary N) is 1. The molecule has 1 fully saturated rings. The predicted molar refractivity (Wildman–Crippen MR) is 78.3 cm³/mol. The van der Waals surface area contributed by atoms with Gasteiger partial charge >= 0.3 is 0 Å². The van der Waals surface area contributed by atoms with Gasteiger partial charge in [0, 0.05) is 12.1 Å². The Morgan fingerprint density at radius 3 is 2.74 bits per heavy atom. The Hall–Kier alpha value is -1.26. The number of ether oxygens (including phenoxy) is 1. The highest BCUT2D eigenvalue weighted by Gasteiger charge is 2.10. The van der Waals surface area contributed by atoms with Crippen molar-refractivity contribution in [3.05, 3.63) is 28.8 Å². The second-order valence-electron chi connectivity index (χ2n) is 4.81. The zero-order chi connectivity index (χ0) is 13.7. The van der Waals surface area contributed by atoms with E-state index in [1.807, 2.05) is 0 Å². The van der Waals surface area contributed by atoms with Crippen LogP contribution in [0, 0.1) is 5.41 Å². The average Bonchev–Trinajstić information content (AvgIpc) is 2.87. The first-order chi connectivity index (χ1) is 9.16. The lowest BCUT2D eigenvalue weighted by molar-refractivity contribution is 0.263. The summed E-state index contributed by atoms with van der Waals surface area (Å²) in [4.78, 5) is 2.47. The van der Waals surface area contributed by atoms with E-state index in [2.05, 4.69) is 4.90 Å².